The maximum Gasteiger partial charge on any atom is 0.336 e. The number of hydrogen-bond acceptors (Lipinski definition) is 12. The number of nitrogens with two attached hydrogens (primary N) is 1. The Labute approximate surface area is 246 Å². The van der Waals surface area contributed by atoms with Crippen molar-refractivity contribution in [1.29, 1.82) is 0 Å². The van der Waals surface area contributed by atoms with Crippen molar-refractivity contribution in [3.63, 3.8) is 0 Å². The Morgan fingerprint density at radius 2 is 1.21 bits per heavy atom. The fourth-order valence-electron chi connectivity index (χ4n) is 3.57. The molecular formula is C26H33N5O11S. The van der Waals surface area contributed by atoms with E-state index in [2.05, 4.69) is 18.5 Å². The van der Waals surface area contributed by atoms with Crippen molar-refractivity contribution in [2.75, 3.05) is 32.9 Å². The van der Waals surface area contributed by atoms with Crippen molar-refractivity contribution in [2.45, 2.75) is 37.4 Å². The molecule has 16 nitrogen and oxygen atoms in total. The van der Waals surface area contributed by atoms with E-state index in [4.69, 9.17) is 19.3 Å². The third-order valence-electron chi connectivity index (χ3n) is 5.76. The largest absolute Gasteiger partial charge is 0.464 e. The van der Waals surface area contributed by atoms with E-state index in [9.17, 15) is 37.2 Å². The summed E-state index contributed by atoms with van der Waals surface area (Å²) in [5, 5.41) is 8.12. The molecule has 0 aliphatic heterocycles. The predicted molar refractivity (Wildman–Crippen MR) is 151 cm³/mol. The van der Waals surface area contributed by atoms with Crippen molar-refractivity contribution in [1.82, 2.24) is 19.0 Å². The first-order valence-electron chi connectivity index (χ1n) is 12.9. The second-order valence-electron chi connectivity index (χ2n) is 8.71. The Hall–Kier alpha value is -4.61. The van der Waals surface area contributed by atoms with Gasteiger partial charge in [0.2, 0.25) is 10.0 Å². The summed E-state index contributed by atoms with van der Waals surface area (Å²) in [6.07, 6.45) is 2.34. The van der Waals surface area contributed by atoms with Crippen LogP contribution in [0.2, 0.25) is 0 Å². The minimum absolute atomic E-state index is 0.00923. The van der Waals surface area contributed by atoms with Crippen molar-refractivity contribution in [3.8, 4) is 0 Å². The van der Waals surface area contributed by atoms with Crippen LogP contribution in [0.1, 0.15) is 12.0 Å². The van der Waals surface area contributed by atoms with Crippen molar-refractivity contribution in [2.24, 2.45) is 5.14 Å². The maximum atomic E-state index is 12.9. The van der Waals surface area contributed by atoms with Crippen LogP contribution in [-0.4, -0.2) is 72.9 Å². The number of hydrogen-bond donors (Lipinski definition) is 2. The van der Waals surface area contributed by atoms with E-state index in [1.165, 1.54) is 12.1 Å². The molecule has 2 aromatic rings. The number of carbonyl (C=O) groups is 3. The second-order valence-corrected chi connectivity index (χ2v) is 10.3. The summed E-state index contributed by atoms with van der Waals surface area (Å²) in [6, 6.07) is 6.08. The van der Waals surface area contributed by atoms with Crippen molar-refractivity contribution in [3.05, 3.63) is 86.6 Å². The Kier molecular flexibility index (Phi) is 13.5. The van der Waals surface area contributed by atoms with Crippen LogP contribution in [0, 0.1) is 0 Å². The normalized spacial score (nSPS) is 11.0. The third kappa shape index (κ3) is 11.0. The van der Waals surface area contributed by atoms with Crippen LogP contribution in [0.25, 0.3) is 0 Å². The SMILES string of the molecule is C=CC(=O)OCCn1c(=O)n(CCOC(=O)C=C)c(=O)n(CCOC(=O)CCNCCc2ccc(S(N)(=O)=O)cc2)c1=O. The Morgan fingerprint density at radius 3 is 1.63 bits per heavy atom. The molecule has 0 fully saturated rings. The first kappa shape index (κ1) is 34.6. The van der Waals surface area contributed by atoms with Gasteiger partial charge in [0.25, 0.3) is 0 Å². The van der Waals surface area contributed by atoms with Crippen molar-refractivity contribution < 1.29 is 37.0 Å². The van der Waals surface area contributed by atoms with E-state index in [-0.39, 0.29) is 57.3 Å². The van der Waals surface area contributed by atoms with E-state index in [1.807, 2.05) is 0 Å². The van der Waals surface area contributed by atoms with E-state index >= 15 is 0 Å². The highest BCUT2D eigenvalue weighted by molar-refractivity contribution is 7.89. The first-order chi connectivity index (χ1) is 20.4. The average molecular weight is 624 g/mol. The highest BCUT2D eigenvalue weighted by Gasteiger charge is 2.17. The van der Waals surface area contributed by atoms with Crippen LogP contribution in [0.5, 0.6) is 0 Å². The molecular weight excluding hydrogens is 590 g/mol. The molecule has 234 valence electrons. The van der Waals surface area contributed by atoms with Gasteiger partial charge >= 0.3 is 35.0 Å². The first-order valence-corrected chi connectivity index (χ1v) is 14.4. The Bertz CT molecular complexity index is 1540. The minimum atomic E-state index is -3.77. The predicted octanol–water partition coefficient (Wildman–Crippen LogP) is -1.96. The molecule has 0 aliphatic carbocycles. The number of nitrogens with zero attached hydrogens (tertiary/aromatic N) is 3. The molecule has 3 N–H and O–H groups in total. The fraction of sp³-hybridized carbons (Fsp3) is 0.385. The van der Waals surface area contributed by atoms with E-state index in [1.54, 1.807) is 12.1 Å². The number of esters is 3. The van der Waals surface area contributed by atoms with Gasteiger partial charge in [-0.05, 0) is 30.7 Å². The quantitative estimate of drug-likeness (QED) is 0.0801. The average Bonchev–Trinajstić information content (AvgIpc) is 2.97. The summed E-state index contributed by atoms with van der Waals surface area (Å²) in [7, 11) is -3.77. The van der Waals surface area contributed by atoms with Crippen LogP contribution >= 0.6 is 0 Å². The lowest BCUT2D eigenvalue weighted by Crippen LogP contribution is -2.55. The minimum Gasteiger partial charge on any atom is -0.464 e. The van der Waals surface area contributed by atoms with Gasteiger partial charge in [0.05, 0.1) is 31.0 Å². The number of nitrogens with one attached hydrogen (secondary N) is 1. The Morgan fingerprint density at radius 1 is 0.767 bits per heavy atom. The Balaban J connectivity index is 1.96. The molecule has 43 heavy (non-hydrogen) atoms. The molecule has 0 atom stereocenters. The number of rotatable bonds is 18. The summed E-state index contributed by atoms with van der Waals surface area (Å²) < 4.78 is 39.4. The summed E-state index contributed by atoms with van der Waals surface area (Å²) in [5.74, 6) is -2.17. The molecule has 0 amide bonds. The number of aromatic nitrogens is 3. The monoisotopic (exact) mass is 623 g/mol. The molecule has 0 unspecified atom stereocenters. The van der Waals surface area contributed by atoms with Crippen molar-refractivity contribution >= 4 is 27.9 Å². The number of primary sulfonamides is 1. The molecule has 1 aromatic heterocycles. The van der Waals surface area contributed by atoms with Gasteiger partial charge in [0.15, 0.2) is 0 Å². The molecule has 0 saturated heterocycles. The van der Waals surface area contributed by atoms with Gasteiger partial charge < -0.3 is 19.5 Å². The van der Waals surface area contributed by atoms with Gasteiger partial charge in [0, 0.05) is 18.7 Å². The second kappa shape index (κ2) is 16.7. The topological polar surface area (TPSA) is 217 Å². The molecule has 17 heteroatoms. The lowest BCUT2D eigenvalue weighted by molar-refractivity contribution is -0.144. The van der Waals surface area contributed by atoms with Gasteiger partial charge in [-0.15, -0.1) is 0 Å². The van der Waals surface area contributed by atoms with Gasteiger partial charge in [-0.1, -0.05) is 25.3 Å². The molecule has 0 radical (unpaired) electrons. The molecule has 2 rings (SSSR count). The van der Waals surface area contributed by atoms with E-state index < -0.39 is 45.0 Å². The van der Waals surface area contributed by atoms with Crippen LogP contribution in [0.15, 0.2) is 68.9 Å². The highest BCUT2D eigenvalue weighted by atomic mass is 32.2. The zero-order valence-electron chi connectivity index (χ0n) is 23.3. The fourth-order valence-corrected chi connectivity index (χ4v) is 4.08. The van der Waals surface area contributed by atoms with Gasteiger partial charge in [0.1, 0.15) is 19.8 Å². The van der Waals surface area contributed by atoms with Crippen LogP contribution < -0.4 is 27.5 Å². The standard InChI is InChI=1S/C26H33N5O11S/c1-3-21(32)40-16-13-29-24(35)30(14-17-41-22(33)4-2)26(37)31(25(29)36)15-18-42-23(34)10-12-28-11-9-19-5-7-20(8-6-19)43(27,38)39/h3-8,28H,1-2,9-18H2,(H2,27,38,39). The summed E-state index contributed by atoms with van der Waals surface area (Å²) in [6.45, 7) is 4.99. The number of sulfonamides is 1. The highest BCUT2D eigenvalue weighted by Crippen LogP contribution is 2.08. The number of ether oxygens (including phenoxy) is 3. The van der Waals surface area contributed by atoms with Crippen LogP contribution in [0.3, 0.4) is 0 Å². The van der Waals surface area contributed by atoms with Crippen LogP contribution in [-0.2, 0) is 64.7 Å². The van der Waals surface area contributed by atoms with Gasteiger partial charge in [-0.25, -0.2) is 51.2 Å². The summed E-state index contributed by atoms with van der Waals surface area (Å²) in [4.78, 5) is 73.4. The summed E-state index contributed by atoms with van der Waals surface area (Å²) in [5.41, 5.74) is -2.19. The van der Waals surface area contributed by atoms with Gasteiger partial charge in [-0.3, -0.25) is 4.79 Å². The van der Waals surface area contributed by atoms with E-state index in [0.717, 1.165) is 17.7 Å². The van der Waals surface area contributed by atoms with E-state index in [0.29, 0.717) is 26.7 Å². The number of carbonyl (C=O) groups excluding carboxylic acids is 3. The lowest BCUT2D eigenvalue weighted by Gasteiger charge is -2.14. The number of benzene rings is 1. The third-order valence-corrected chi connectivity index (χ3v) is 6.69. The molecule has 0 saturated carbocycles. The lowest BCUT2D eigenvalue weighted by atomic mass is 10.1. The maximum absolute atomic E-state index is 12.9. The molecule has 1 aromatic carbocycles. The summed E-state index contributed by atoms with van der Waals surface area (Å²) >= 11 is 0. The van der Waals surface area contributed by atoms with Gasteiger partial charge in [-0.2, -0.15) is 0 Å². The molecule has 0 bridgehead atoms. The molecule has 0 spiro atoms. The molecule has 1 heterocycles. The zero-order valence-corrected chi connectivity index (χ0v) is 24.1. The molecule has 0 aliphatic rings. The zero-order chi connectivity index (χ0) is 32.0. The van der Waals surface area contributed by atoms with Crippen LogP contribution in [0.4, 0.5) is 0 Å². The smallest absolute Gasteiger partial charge is 0.336 e.